The number of aryl methyl sites for hydroxylation is 1. The molecular weight excluding hydrogens is 326 g/mol. The van der Waals surface area contributed by atoms with Crippen molar-refractivity contribution < 1.29 is 4.74 Å². The van der Waals surface area contributed by atoms with Crippen LogP contribution in [0.15, 0.2) is 24.4 Å². The van der Waals surface area contributed by atoms with Gasteiger partial charge in [-0.3, -0.25) is 0 Å². The van der Waals surface area contributed by atoms with Gasteiger partial charge >= 0.3 is 0 Å². The Hall–Kier alpha value is -1.92. The van der Waals surface area contributed by atoms with Crippen molar-refractivity contribution in [3.63, 3.8) is 0 Å². The van der Waals surface area contributed by atoms with Crippen molar-refractivity contribution >= 4 is 5.69 Å². The van der Waals surface area contributed by atoms with Gasteiger partial charge in [-0.15, -0.1) is 5.10 Å². The first-order chi connectivity index (χ1) is 12.6. The molecule has 1 aromatic carbocycles. The number of nitrogens with two attached hydrogens (primary N) is 1. The number of aromatic nitrogens is 3. The Kier molecular flexibility index (Phi) is 4.71. The molecule has 26 heavy (non-hydrogen) atoms. The van der Waals surface area contributed by atoms with Gasteiger partial charge in [0, 0.05) is 42.9 Å². The van der Waals surface area contributed by atoms with Crippen LogP contribution in [0.25, 0.3) is 11.3 Å². The molecule has 0 aliphatic carbocycles. The zero-order valence-corrected chi connectivity index (χ0v) is 15.8. The summed E-state index contributed by atoms with van der Waals surface area (Å²) in [5.41, 5.74) is 10.7. The zero-order valence-electron chi connectivity index (χ0n) is 15.8. The van der Waals surface area contributed by atoms with Crippen LogP contribution in [-0.2, 0) is 11.3 Å². The third-order valence-electron chi connectivity index (χ3n) is 5.69. The minimum absolute atomic E-state index is 0.260. The van der Waals surface area contributed by atoms with Crippen molar-refractivity contribution in [2.75, 3.05) is 31.1 Å². The highest BCUT2D eigenvalue weighted by Crippen LogP contribution is 2.35. The summed E-state index contributed by atoms with van der Waals surface area (Å²) in [6.45, 7) is 8.85. The maximum absolute atomic E-state index is 5.85. The largest absolute Gasteiger partial charge is 0.376 e. The Morgan fingerprint density at radius 2 is 2.15 bits per heavy atom. The molecule has 0 amide bonds. The Labute approximate surface area is 155 Å². The average Bonchev–Trinajstić information content (AvgIpc) is 3.08. The fourth-order valence-electron chi connectivity index (χ4n) is 3.99. The monoisotopic (exact) mass is 355 g/mol. The molecule has 0 saturated carbocycles. The van der Waals surface area contributed by atoms with Crippen molar-refractivity contribution in [1.29, 1.82) is 0 Å². The number of benzene rings is 1. The van der Waals surface area contributed by atoms with E-state index < -0.39 is 0 Å². The molecule has 2 aliphatic heterocycles. The van der Waals surface area contributed by atoms with E-state index in [4.69, 9.17) is 10.5 Å². The average molecular weight is 355 g/mol. The van der Waals surface area contributed by atoms with Crippen molar-refractivity contribution in [1.82, 2.24) is 15.0 Å². The van der Waals surface area contributed by atoms with Gasteiger partial charge in [-0.1, -0.05) is 18.2 Å². The molecule has 140 valence electrons. The summed E-state index contributed by atoms with van der Waals surface area (Å²) >= 11 is 0. The molecule has 0 spiro atoms. The van der Waals surface area contributed by atoms with Crippen LogP contribution < -0.4 is 10.6 Å². The molecule has 2 saturated heterocycles. The highest BCUT2D eigenvalue weighted by Gasteiger charge is 2.37. The quantitative estimate of drug-likeness (QED) is 0.893. The molecular formula is C20H29N5O. The molecule has 2 aliphatic rings. The first kappa shape index (κ1) is 17.5. The third-order valence-corrected chi connectivity index (χ3v) is 5.69. The molecule has 1 aromatic heterocycles. The summed E-state index contributed by atoms with van der Waals surface area (Å²) in [7, 11) is 0. The molecule has 3 heterocycles. The molecule has 2 fully saturated rings. The minimum Gasteiger partial charge on any atom is -0.376 e. The minimum atomic E-state index is 0.260. The van der Waals surface area contributed by atoms with Crippen LogP contribution in [0.3, 0.4) is 0 Å². The summed E-state index contributed by atoms with van der Waals surface area (Å²) in [4.78, 5) is 2.39. The third kappa shape index (κ3) is 3.48. The van der Waals surface area contributed by atoms with E-state index in [1.807, 2.05) is 10.9 Å². The van der Waals surface area contributed by atoms with E-state index in [-0.39, 0.29) is 11.5 Å². The van der Waals surface area contributed by atoms with Crippen LogP contribution in [-0.4, -0.2) is 47.3 Å². The number of hydrogen-bond acceptors (Lipinski definition) is 5. The van der Waals surface area contributed by atoms with Crippen LogP contribution in [0, 0.1) is 12.3 Å². The predicted octanol–water partition coefficient (Wildman–Crippen LogP) is 2.61. The van der Waals surface area contributed by atoms with Gasteiger partial charge in [0.2, 0.25) is 0 Å². The number of anilines is 1. The summed E-state index contributed by atoms with van der Waals surface area (Å²) < 4.78 is 7.72. The first-order valence-electron chi connectivity index (χ1n) is 9.64. The van der Waals surface area contributed by atoms with Gasteiger partial charge in [0.25, 0.3) is 0 Å². The lowest BCUT2D eigenvalue weighted by Gasteiger charge is -2.49. The molecule has 0 bridgehead atoms. The maximum Gasteiger partial charge on any atom is 0.113 e. The van der Waals surface area contributed by atoms with E-state index in [9.17, 15) is 0 Å². The van der Waals surface area contributed by atoms with Gasteiger partial charge in [0.05, 0.1) is 18.8 Å². The molecule has 2 N–H and O–H groups in total. The standard InChI is InChI=1S/C20H29N5O/c1-15-9-16(24-13-20(2,12-21)14-24)6-7-18(15)19-11-25(23-22-19)10-17-5-3-4-8-26-17/h6-7,9,11,17H,3-5,8,10,12-14,21H2,1-2H3. The van der Waals surface area contributed by atoms with Gasteiger partial charge in [-0.05, 0) is 43.9 Å². The lowest BCUT2D eigenvalue weighted by molar-refractivity contribution is 0.00370. The number of nitrogens with zero attached hydrogens (tertiary/aromatic N) is 4. The lowest BCUT2D eigenvalue weighted by atomic mass is 9.81. The van der Waals surface area contributed by atoms with Crippen LogP contribution in [0.4, 0.5) is 5.69 Å². The van der Waals surface area contributed by atoms with E-state index in [2.05, 4.69) is 47.3 Å². The summed E-state index contributed by atoms with van der Waals surface area (Å²) in [6, 6.07) is 6.59. The van der Waals surface area contributed by atoms with Gasteiger partial charge < -0.3 is 15.4 Å². The van der Waals surface area contributed by atoms with Gasteiger partial charge in [-0.2, -0.15) is 0 Å². The van der Waals surface area contributed by atoms with Crippen LogP contribution in [0.2, 0.25) is 0 Å². The Balaban J connectivity index is 1.45. The molecule has 4 rings (SSSR count). The van der Waals surface area contributed by atoms with Crippen LogP contribution in [0.5, 0.6) is 0 Å². The maximum atomic E-state index is 5.85. The molecule has 2 aromatic rings. The molecule has 1 unspecified atom stereocenters. The number of rotatable bonds is 5. The second-order valence-corrected chi connectivity index (χ2v) is 8.18. The van der Waals surface area contributed by atoms with E-state index in [1.165, 1.54) is 24.1 Å². The first-order valence-corrected chi connectivity index (χ1v) is 9.64. The van der Waals surface area contributed by atoms with E-state index in [0.29, 0.717) is 0 Å². The second kappa shape index (κ2) is 7.00. The Morgan fingerprint density at radius 3 is 2.85 bits per heavy atom. The molecule has 6 nitrogen and oxygen atoms in total. The van der Waals surface area contributed by atoms with E-state index in [0.717, 1.165) is 50.5 Å². The molecule has 0 radical (unpaired) electrons. The van der Waals surface area contributed by atoms with Crippen molar-refractivity contribution in [2.45, 2.75) is 45.8 Å². The SMILES string of the molecule is Cc1cc(N2CC(C)(CN)C2)ccc1-c1cn(CC2CCCCO2)nn1. The summed E-state index contributed by atoms with van der Waals surface area (Å²) in [5.74, 6) is 0. The smallest absolute Gasteiger partial charge is 0.113 e. The topological polar surface area (TPSA) is 69.2 Å². The summed E-state index contributed by atoms with van der Waals surface area (Å²) in [6.07, 6.45) is 5.83. The van der Waals surface area contributed by atoms with E-state index >= 15 is 0 Å². The number of ether oxygens (including phenoxy) is 1. The highest BCUT2D eigenvalue weighted by molar-refractivity contribution is 5.67. The Bertz CT molecular complexity index is 759. The summed E-state index contributed by atoms with van der Waals surface area (Å²) in [5, 5.41) is 8.69. The lowest BCUT2D eigenvalue weighted by Crippen LogP contribution is -2.58. The van der Waals surface area contributed by atoms with Gasteiger partial charge in [0.1, 0.15) is 5.69 Å². The van der Waals surface area contributed by atoms with E-state index in [1.54, 1.807) is 0 Å². The van der Waals surface area contributed by atoms with Crippen LogP contribution in [0.1, 0.15) is 31.7 Å². The van der Waals surface area contributed by atoms with Crippen molar-refractivity contribution in [2.24, 2.45) is 11.1 Å². The van der Waals surface area contributed by atoms with Gasteiger partial charge in [0.15, 0.2) is 0 Å². The highest BCUT2D eigenvalue weighted by atomic mass is 16.5. The van der Waals surface area contributed by atoms with Crippen molar-refractivity contribution in [3.8, 4) is 11.3 Å². The molecule has 1 atom stereocenters. The van der Waals surface area contributed by atoms with Gasteiger partial charge in [-0.25, -0.2) is 4.68 Å². The molecule has 6 heteroatoms. The Morgan fingerprint density at radius 1 is 1.31 bits per heavy atom. The normalized spacial score (nSPS) is 22.3. The zero-order chi connectivity index (χ0) is 18.1. The predicted molar refractivity (Wildman–Crippen MR) is 103 cm³/mol. The fraction of sp³-hybridized carbons (Fsp3) is 0.600. The van der Waals surface area contributed by atoms with Crippen molar-refractivity contribution in [3.05, 3.63) is 30.0 Å². The van der Waals surface area contributed by atoms with Crippen LogP contribution >= 0.6 is 0 Å². The second-order valence-electron chi connectivity index (χ2n) is 8.18. The fourth-order valence-corrected chi connectivity index (χ4v) is 3.99. The number of hydrogen-bond donors (Lipinski definition) is 1.